The molecule has 1 saturated carbocycles. The summed E-state index contributed by atoms with van der Waals surface area (Å²) in [5.74, 6) is -0.795. The number of nitrogens with one attached hydrogen (secondary N) is 3. The van der Waals surface area contributed by atoms with Crippen molar-refractivity contribution < 1.29 is 28.6 Å². The van der Waals surface area contributed by atoms with Gasteiger partial charge in [0.1, 0.15) is 11.9 Å². The van der Waals surface area contributed by atoms with Crippen LogP contribution in [0.25, 0.3) is 0 Å². The van der Waals surface area contributed by atoms with Gasteiger partial charge in [-0.2, -0.15) is 0 Å². The smallest absolute Gasteiger partial charge is 0.323 e. The first kappa shape index (κ1) is 30.1. The molecule has 0 aromatic heterocycles. The summed E-state index contributed by atoms with van der Waals surface area (Å²) in [7, 11) is 1.72. The number of hydrogen-bond acceptors (Lipinski definition) is 5. The van der Waals surface area contributed by atoms with Crippen molar-refractivity contribution in [2.75, 3.05) is 37.4 Å². The van der Waals surface area contributed by atoms with Crippen LogP contribution in [-0.4, -0.2) is 77.8 Å². The quantitative estimate of drug-likeness (QED) is 0.386. The molecule has 4 N–H and O–H groups in total. The van der Waals surface area contributed by atoms with Crippen LogP contribution in [0, 0.1) is 11.7 Å². The van der Waals surface area contributed by atoms with Gasteiger partial charge in [-0.05, 0) is 56.2 Å². The highest BCUT2D eigenvalue weighted by Gasteiger charge is 2.35. The van der Waals surface area contributed by atoms with Crippen molar-refractivity contribution in [2.45, 2.75) is 64.1 Å². The van der Waals surface area contributed by atoms with E-state index in [0.29, 0.717) is 12.2 Å². The number of para-hydroxylation sites is 1. The molecule has 1 heterocycles. The van der Waals surface area contributed by atoms with Gasteiger partial charge >= 0.3 is 12.1 Å². The molecule has 222 valence electrons. The molecule has 0 bridgehead atoms. The van der Waals surface area contributed by atoms with Gasteiger partial charge in [0, 0.05) is 31.2 Å². The Morgan fingerprint density at radius 2 is 1.83 bits per heavy atom. The molecule has 5 amide bonds. The molecular formula is C30H40FN5O5. The van der Waals surface area contributed by atoms with Gasteiger partial charge in [-0.1, -0.05) is 32.3 Å². The zero-order chi connectivity index (χ0) is 29.5. The predicted molar refractivity (Wildman–Crippen MR) is 155 cm³/mol. The van der Waals surface area contributed by atoms with E-state index >= 15 is 0 Å². The maximum absolute atomic E-state index is 13.7. The lowest BCUT2D eigenvalue weighted by Gasteiger charge is -2.38. The van der Waals surface area contributed by atoms with Crippen LogP contribution in [0.5, 0.6) is 5.75 Å². The van der Waals surface area contributed by atoms with Crippen LogP contribution >= 0.6 is 0 Å². The number of rotatable bonds is 7. The molecular weight excluding hydrogens is 529 g/mol. The number of carbonyl (C=O) groups excluding carboxylic acids is 3. The second-order valence-electron chi connectivity index (χ2n) is 11.1. The first-order valence-corrected chi connectivity index (χ1v) is 14.2. The highest BCUT2D eigenvalue weighted by atomic mass is 19.1. The van der Waals surface area contributed by atoms with Crippen molar-refractivity contribution in [3.63, 3.8) is 0 Å². The molecule has 0 radical (unpaired) electrons. The summed E-state index contributed by atoms with van der Waals surface area (Å²) in [6.45, 7) is 4.03. The first-order chi connectivity index (χ1) is 19.7. The number of nitrogens with zero attached hydrogens (tertiary/aromatic N) is 2. The lowest BCUT2D eigenvalue weighted by Crippen LogP contribution is -2.52. The van der Waals surface area contributed by atoms with E-state index in [1.165, 1.54) is 30.7 Å². The SMILES string of the molecule is C[C@@H]1CN([C@@H](C)CO)C(=O)c2cccc(NC(=O)Nc3ccc(F)cc3)c2O[C@@H]1CN(C)C(=O)NC1CCCCC1. The minimum absolute atomic E-state index is 0.157. The summed E-state index contributed by atoms with van der Waals surface area (Å²) in [6.07, 6.45) is 4.80. The van der Waals surface area contributed by atoms with Crippen LogP contribution in [-0.2, 0) is 0 Å². The third kappa shape index (κ3) is 7.66. The first-order valence-electron chi connectivity index (χ1n) is 14.2. The van der Waals surface area contributed by atoms with E-state index in [9.17, 15) is 23.9 Å². The Kier molecular flexibility index (Phi) is 10.0. The summed E-state index contributed by atoms with van der Waals surface area (Å²) >= 11 is 0. The fourth-order valence-corrected chi connectivity index (χ4v) is 5.26. The number of halogens is 1. The Balaban J connectivity index is 1.59. The Morgan fingerprint density at radius 1 is 1.12 bits per heavy atom. The standard InChI is InChI=1S/C30H40FN5O5/c1-19-16-36(20(2)18-37)28(38)24-10-7-11-25(34-29(39)32-23-14-12-21(31)13-15-23)27(24)41-26(19)17-35(3)30(40)33-22-8-5-4-6-9-22/h7,10-15,19-20,22,26,37H,4-6,8-9,16-18H2,1-3H3,(H,33,40)(H2,32,34,39)/t19-,20+,26-/m1/s1. The van der Waals surface area contributed by atoms with E-state index in [0.717, 1.165) is 25.7 Å². The predicted octanol–water partition coefficient (Wildman–Crippen LogP) is 4.66. The van der Waals surface area contributed by atoms with Gasteiger partial charge in [0.15, 0.2) is 5.75 Å². The average molecular weight is 570 g/mol. The maximum atomic E-state index is 13.7. The topological polar surface area (TPSA) is 123 Å². The van der Waals surface area contributed by atoms with Crippen molar-refractivity contribution in [3.05, 3.63) is 53.8 Å². The Labute approximate surface area is 240 Å². The molecule has 41 heavy (non-hydrogen) atoms. The minimum Gasteiger partial charge on any atom is -0.485 e. The summed E-state index contributed by atoms with van der Waals surface area (Å²) < 4.78 is 19.7. The number of carbonyl (C=O) groups is 3. The van der Waals surface area contributed by atoms with E-state index in [4.69, 9.17) is 4.74 Å². The second-order valence-corrected chi connectivity index (χ2v) is 11.1. The van der Waals surface area contributed by atoms with Gasteiger partial charge in [0.25, 0.3) is 5.91 Å². The van der Waals surface area contributed by atoms with E-state index in [1.54, 1.807) is 42.0 Å². The Bertz CT molecular complexity index is 1220. The minimum atomic E-state index is -0.600. The third-order valence-electron chi connectivity index (χ3n) is 7.77. The number of benzene rings is 2. The van der Waals surface area contributed by atoms with Crippen molar-refractivity contribution in [1.29, 1.82) is 0 Å². The zero-order valence-electron chi connectivity index (χ0n) is 23.9. The number of urea groups is 2. The number of ether oxygens (including phenoxy) is 1. The molecule has 2 aromatic carbocycles. The molecule has 2 aliphatic rings. The molecule has 0 unspecified atom stereocenters. The molecule has 0 spiro atoms. The molecule has 1 aliphatic heterocycles. The average Bonchev–Trinajstić information content (AvgIpc) is 2.96. The summed E-state index contributed by atoms with van der Waals surface area (Å²) in [5.41, 5.74) is 0.885. The molecule has 1 fully saturated rings. The molecule has 2 aromatic rings. The largest absolute Gasteiger partial charge is 0.485 e. The number of hydrogen-bond donors (Lipinski definition) is 4. The Hall–Kier alpha value is -3.86. The molecule has 11 heteroatoms. The molecule has 1 aliphatic carbocycles. The summed E-state index contributed by atoms with van der Waals surface area (Å²) in [4.78, 5) is 42.7. The number of aliphatic hydroxyl groups excluding tert-OH is 1. The summed E-state index contributed by atoms with van der Waals surface area (Å²) in [5, 5.41) is 18.4. The Morgan fingerprint density at radius 3 is 2.51 bits per heavy atom. The van der Waals surface area contributed by atoms with Crippen molar-refractivity contribution in [3.8, 4) is 5.75 Å². The second kappa shape index (κ2) is 13.7. The number of anilines is 2. The van der Waals surface area contributed by atoms with Gasteiger partial charge in [-0.3, -0.25) is 4.79 Å². The fourth-order valence-electron chi connectivity index (χ4n) is 5.26. The highest BCUT2D eigenvalue weighted by molar-refractivity contribution is 6.04. The lowest BCUT2D eigenvalue weighted by molar-refractivity contribution is 0.0368. The van der Waals surface area contributed by atoms with Crippen molar-refractivity contribution in [2.24, 2.45) is 5.92 Å². The van der Waals surface area contributed by atoms with Crippen LogP contribution < -0.4 is 20.7 Å². The van der Waals surface area contributed by atoms with Crippen LogP contribution in [0.4, 0.5) is 25.4 Å². The lowest BCUT2D eigenvalue weighted by atomic mass is 9.96. The molecule has 10 nitrogen and oxygen atoms in total. The van der Waals surface area contributed by atoms with Crippen LogP contribution in [0.1, 0.15) is 56.3 Å². The zero-order valence-corrected chi connectivity index (χ0v) is 23.9. The third-order valence-corrected chi connectivity index (χ3v) is 7.77. The molecule has 4 rings (SSSR count). The number of amides is 5. The van der Waals surface area contributed by atoms with Gasteiger partial charge in [-0.15, -0.1) is 0 Å². The van der Waals surface area contributed by atoms with Gasteiger partial charge in [0.2, 0.25) is 0 Å². The van der Waals surface area contributed by atoms with Crippen molar-refractivity contribution >= 4 is 29.3 Å². The summed E-state index contributed by atoms with van der Waals surface area (Å²) in [6, 6.07) is 9.14. The van der Waals surface area contributed by atoms with Crippen LogP contribution in [0.15, 0.2) is 42.5 Å². The number of aliphatic hydroxyl groups is 1. The van der Waals surface area contributed by atoms with Crippen LogP contribution in [0.3, 0.4) is 0 Å². The normalized spacial score (nSPS) is 20.1. The van der Waals surface area contributed by atoms with Crippen molar-refractivity contribution in [1.82, 2.24) is 15.1 Å². The van der Waals surface area contributed by atoms with Crippen LogP contribution in [0.2, 0.25) is 0 Å². The fraction of sp³-hybridized carbons (Fsp3) is 0.500. The van der Waals surface area contributed by atoms with Gasteiger partial charge in [0.05, 0.1) is 30.4 Å². The molecule has 3 atom stereocenters. The van der Waals surface area contributed by atoms with E-state index in [2.05, 4.69) is 16.0 Å². The van der Waals surface area contributed by atoms with Gasteiger partial charge in [-0.25, -0.2) is 14.0 Å². The number of fused-ring (bicyclic) bond motifs is 1. The highest BCUT2D eigenvalue weighted by Crippen LogP contribution is 2.35. The molecule has 0 saturated heterocycles. The van der Waals surface area contributed by atoms with E-state index in [-0.39, 0.29) is 54.1 Å². The van der Waals surface area contributed by atoms with Gasteiger partial charge < -0.3 is 35.6 Å². The monoisotopic (exact) mass is 569 g/mol. The maximum Gasteiger partial charge on any atom is 0.323 e. The van der Waals surface area contributed by atoms with E-state index < -0.39 is 24.0 Å². The van der Waals surface area contributed by atoms with E-state index in [1.807, 2.05) is 6.92 Å². The number of likely N-dealkylation sites (N-methyl/N-ethyl adjacent to an activating group) is 1.